The van der Waals surface area contributed by atoms with E-state index in [1.807, 2.05) is 0 Å². The van der Waals surface area contributed by atoms with Crippen molar-refractivity contribution in [3.8, 4) is 5.75 Å². The summed E-state index contributed by atoms with van der Waals surface area (Å²) >= 11 is 0. The van der Waals surface area contributed by atoms with Gasteiger partial charge in [0, 0.05) is 26.7 Å². The van der Waals surface area contributed by atoms with Crippen LogP contribution in [0.2, 0.25) is 0 Å². The lowest BCUT2D eigenvalue weighted by atomic mass is 10.1. The molecule has 0 saturated carbocycles. The van der Waals surface area contributed by atoms with Gasteiger partial charge in [-0.3, -0.25) is 0 Å². The molecule has 5 nitrogen and oxygen atoms in total. The van der Waals surface area contributed by atoms with Crippen LogP contribution >= 0.6 is 0 Å². The lowest BCUT2D eigenvalue weighted by Gasteiger charge is -2.13. The van der Waals surface area contributed by atoms with Crippen LogP contribution in [0.3, 0.4) is 0 Å². The molecule has 0 saturated heterocycles. The summed E-state index contributed by atoms with van der Waals surface area (Å²) < 4.78 is 48.7. The van der Waals surface area contributed by atoms with Crippen molar-refractivity contribution in [1.82, 2.24) is 5.32 Å². The molecule has 0 atom stereocenters. The van der Waals surface area contributed by atoms with E-state index in [4.69, 9.17) is 9.47 Å². The maximum Gasteiger partial charge on any atom is 0.416 e. The molecule has 0 aliphatic heterocycles. The average Bonchev–Trinajstić information content (AvgIpc) is 2.64. The lowest BCUT2D eigenvalue weighted by molar-refractivity contribution is -0.137. The monoisotopic (exact) mass is 382 g/mol. The second kappa shape index (κ2) is 9.82. The van der Waals surface area contributed by atoms with Crippen LogP contribution in [-0.2, 0) is 17.5 Å². The highest BCUT2D eigenvalue weighted by Gasteiger charge is 2.30. The molecule has 0 aliphatic carbocycles. The Hall–Kier alpha value is -2.74. The maximum absolute atomic E-state index is 12.7. The number of rotatable bonds is 8. The summed E-state index contributed by atoms with van der Waals surface area (Å²) in [5.41, 5.74) is 0.0672. The van der Waals surface area contributed by atoms with Crippen molar-refractivity contribution >= 4 is 11.7 Å². The van der Waals surface area contributed by atoms with Crippen molar-refractivity contribution in [2.45, 2.75) is 19.1 Å². The summed E-state index contributed by atoms with van der Waals surface area (Å²) in [5, 5.41) is 5.17. The topological polar surface area (TPSA) is 59.6 Å². The standard InChI is InChI=1S/C19H21F3N2O3/c1-26-10-5-11-27-17-9-3-2-8-16(17)24-18(25)23-13-14-6-4-7-15(12-14)19(20,21)22/h2-4,6-9,12H,5,10-11,13H2,1H3,(H2,23,24,25). The zero-order valence-electron chi connectivity index (χ0n) is 14.8. The molecular formula is C19H21F3N2O3. The zero-order chi connectivity index (χ0) is 19.7. The molecule has 0 fully saturated rings. The van der Waals surface area contributed by atoms with Crippen molar-refractivity contribution < 1.29 is 27.4 Å². The normalized spacial score (nSPS) is 11.1. The third-order valence-corrected chi connectivity index (χ3v) is 3.59. The highest BCUT2D eigenvalue weighted by molar-refractivity contribution is 5.90. The Kier molecular flexibility index (Phi) is 7.48. The van der Waals surface area contributed by atoms with E-state index in [1.54, 1.807) is 31.4 Å². The predicted octanol–water partition coefficient (Wildman–Crippen LogP) is 4.44. The third kappa shape index (κ3) is 6.82. The van der Waals surface area contributed by atoms with Gasteiger partial charge in [0.2, 0.25) is 0 Å². The Morgan fingerprint density at radius 1 is 1.07 bits per heavy atom. The van der Waals surface area contributed by atoms with E-state index < -0.39 is 17.8 Å². The second-order valence-electron chi connectivity index (χ2n) is 5.70. The Balaban J connectivity index is 1.91. The number of methoxy groups -OCH3 is 1. The fourth-order valence-corrected chi connectivity index (χ4v) is 2.29. The van der Waals surface area contributed by atoms with E-state index in [2.05, 4.69) is 10.6 Å². The number of nitrogens with one attached hydrogen (secondary N) is 2. The molecule has 2 aromatic rings. The average molecular weight is 382 g/mol. The van der Waals surface area contributed by atoms with Crippen LogP contribution in [0.1, 0.15) is 17.5 Å². The molecule has 2 N–H and O–H groups in total. The number of benzene rings is 2. The van der Waals surface area contributed by atoms with Crippen molar-refractivity contribution in [2.24, 2.45) is 0 Å². The van der Waals surface area contributed by atoms with E-state index >= 15 is 0 Å². The van der Waals surface area contributed by atoms with Crippen LogP contribution in [-0.4, -0.2) is 26.4 Å². The van der Waals surface area contributed by atoms with Gasteiger partial charge in [0.25, 0.3) is 0 Å². The molecule has 0 aromatic heterocycles. The molecule has 0 aliphatic rings. The maximum atomic E-state index is 12.7. The third-order valence-electron chi connectivity index (χ3n) is 3.59. The molecular weight excluding hydrogens is 361 g/mol. The van der Waals surface area contributed by atoms with Crippen LogP contribution < -0.4 is 15.4 Å². The summed E-state index contributed by atoms with van der Waals surface area (Å²) in [7, 11) is 1.60. The number of carbonyl (C=O) groups excluding carboxylic acids is 1. The number of alkyl halides is 3. The van der Waals surface area contributed by atoms with Gasteiger partial charge in [-0.15, -0.1) is 0 Å². The number of ether oxygens (including phenoxy) is 2. The molecule has 146 valence electrons. The first kappa shape index (κ1) is 20.6. The van der Waals surface area contributed by atoms with Gasteiger partial charge >= 0.3 is 12.2 Å². The molecule has 2 rings (SSSR count). The van der Waals surface area contributed by atoms with Gasteiger partial charge in [0.05, 0.1) is 17.9 Å². The van der Waals surface area contributed by atoms with E-state index in [9.17, 15) is 18.0 Å². The summed E-state index contributed by atoms with van der Waals surface area (Å²) in [6, 6.07) is 11.2. The minimum Gasteiger partial charge on any atom is -0.491 e. The molecule has 2 amide bonds. The van der Waals surface area contributed by atoms with Crippen molar-refractivity contribution in [3.63, 3.8) is 0 Å². The molecule has 0 heterocycles. The summed E-state index contributed by atoms with van der Waals surface area (Å²) in [5.74, 6) is 0.503. The summed E-state index contributed by atoms with van der Waals surface area (Å²) in [6.45, 7) is 0.956. The van der Waals surface area contributed by atoms with Gasteiger partial charge in [0.15, 0.2) is 0 Å². The van der Waals surface area contributed by atoms with Crippen molar-refractivity contribution in [3.05, 3.63) is 59.7 Å². The minimum absolute atomic E-state index is 0.0351. The van der Waals surface area contributed by atoms with Gasteiger partial charge < -0.3 is 20.1 Å². The molecule has 0 radical (unpaired) electrons. The number of urea groups is 1. The van der Waals surface area contributed by atoms with Crippen LogP contribution in [0, 0.1) is 0 Å². The lowest BCUT2D eigenvalue weighted by Crippen LogP contribution is -2.28. The van der Waals surface area contributed by atoms with Crippen molar-refractivity contribution in [2.75, 3.05) is 25.6 Å². The minimum atomic E-state index is -4.42. The molecule has 0 unspecified atom stereocenters. The smallest absolute Gasteiger partial charge is 0.416 e. The fourth-order valence-electron chi connectivity index (χ4n) is 2.29. The number of amides is 2. The van der Waals surface area contributed by atoms with E-state index in [0.717, 1.165) is 12.1 Å². The Labute approximate surface area is 155 Å². The highest BCUT2D eigenvalue weighted by atomic mass is 19.4. The van der Waals surface area contributed by atoms with E-state index in [0.29, 0.717) is 36.6 Å². The van der Waals surface area contributed by atoms with Crippen molar-refractivity contribution in [1.29, 1.82) is 0 Å². The van der Waals surface area contributed by atoms with Gasteiger partial charge in [-0.2, -0.15) is 13.2 Å². The Bertz CT molecular complexity index is 751. The number of halogens is 3. The first-order valence-corrected chi connectivity index (χ1v) is 8.32. The quantitative estimate of drug-likeness (QED) is 0.664. The Morgan fingerprint density at radius 2 is 1.85 bits per heavy atom. The second-order valence-corrected chi connectivity index (χ2v) is 5.70. The number of hydrogen-bond acceptors (Lipinski definition) is 3. The van der Waals surface area contributed by atoms with Crippen LogP contribution in [0.5, 0.6) is 5.75 Å². The molecule has 2 aromatic carbocycles. The number of para-hydroxylation sites is 2. The SMILES string of the molecule is COCCCOc1ccccc1NC(=O)NCc1cccc(C(F)(F)F)c1. The van der Waals surface area contributed by atoms with Crippen LogP contribution in [0.25, 0.3) is 0 Å². The first-order chi connectivity index (χ1) is 12.9. The van der Waals surface area contributed by atoms with Gasteiger partial charge in [0.1, 0.15) is 5.75 Å². The van der Waals surface area contributed by atoms with E-state index in [-0.39, 0.29) is 6.54 Å². The Morgan fingerprint density at radius 3 is 2.59 bits per heavy atom. The van der Waals surface area contributed by atoms with Crippen LogP contribution in [0.4, 0.5) is 23.7 Å². The van der Waals surface area contributed by atoms with Gasteiger partial charge in [-0.05, 0) is 29.8 Å². The van der Waals surface area contributed by atoms with Gasteiger partial charge in [-0.1, -0.05) is 24.3 Å². The summed E-state index contributed by atoms with van der Waals surface area (Å²) in [4.78, 5) is 12.1. The number of hydrogen-bond donors (Lipinski definition) is 2. The van der Waals surface area contributed by atoms with E-state index in [1.165, 1.54) is 12.1 Å². The molecule has 0 spiro atoms. The van der Waals surface area contributed by atoms with Gasteiger partial charge in [-0.25, -0.2) is 4.79 Å². The number of anilines is 1. The molecule has 8 heteroatoms. The van der Waals surface area contributed by atoms with Crippen LogP contribution in [0.15, 0.2) is 48.5 Å². The zero-order valence-corrected chi connectivity index (χ0v) is 14.8. The predicted molar refractivity (Wildman–Crippen MR) is 95.7 cm³/mol. The number of carbonyl (C=O) groups is 1. The first-order valence-electron chi connectivity index (χ1n) is 8.32. The molecule has 0 bridgehead atoms. The fraction of sp³-hybridized carbons (Fsp3) is 0.316. The molecule has 27 heavy (non-hydrogen) atoms. The largest absolute Gasteiger partial charge is 0.491 e. The highest BCUT2D eigenvalue weighted by Crippen LogP contribution is 2.29. The summed E-state index contributed by atoms with van der Waals surface area (Å²) in [6.07, 6.45) is -3.72.